The number of nitrogens with one attached hydrogen (secondary N) is 1. The van der Waals surface area contributed by atoms with E-state index in [2.05, 4.69) is 11.6 Å². The molecule has 0 radical (unpaired) electrons. The van der Waals surface area contributed by atoms with Gasteiger partial charge in [0.1, 0.15) is 6.54 Å². The van der Waals surface area contributed by atoms with E-state index in [1.165, 1.54) is 0 Å². The molecule has 0 aliphatic rings. The number of benzene rings is 1. The lowest BCUT2D eigenvalue weighted by molar-refractivity contribution is -0.145. The second-order valence-corrected chi connectivity index (χ2v) is 6.52. The molecule has 0 saturated heterocycles. The number of carbonyl (C=O) groups excluding carboxylic acids is 1. The summed E-state index contributed by atoms with van der Waals surface area (Å²) in [4.78, 5) is 11.5. The summed E-state index contributed by atoms with van der Waals surface area (Å²) in [7, 11) is -3.67. The number of ether oxygens (including phenoxy) is 1. The van der Waals surface area contributed by atoms with Crippen molar-refractivity contribution in [2.24, 2.45) is 0 Å². The maximum Gasteiger partial charge on any atom is 0.321 e. The standard InChI is InChI=1S/C14H21NO4S/c1-4-5-12-6-8-13(9-7-12)20(17,18)15-10-14(16)19-11(2)3/h6-9,11,15H,4-5,10H2,1-3H3. The number of esters is 1. The van der Waals surface area contributed by atoms with Crippen LogP contribution >= 0.6 is 0 Å². The predicted octanol–water partition coefficient (Wildman–Crippen LogP) is 1.87. The van der Waals surface area contributed by atoms with Gasteiger partial charge in [-0.3, -0.25) is 4.79 Å². The molecular weight excluding hydrogens is 278 g/mol. The zero-order chi connectivity index (χ0) is 15.2. The van der Waals surface area contributed by atoms with Crippen molar-refractivity contribution >= 4 is 16.0 Å². The summed E-state index contributed by atoms with van der Waals surface area (Å²) in [6, 6.07) is 6.65. The van der Waals surface area contributed by atoms with Crippen LogP contribution in [0.4, 0.5) is 0 Å². The smallest absolute Gasteiger partial charge is 0.321 e. The average molecular weight is 299 g/mol. The van der Waals surface area contributed by atoms with Gasteiger partial charge in [-0.1, -0.05) is 25.5 Å². The Morgan fingerprint density at radius 3 is 2.35 bits per heavy atom. The van der Waals surface area contributed by atoms with Gasteiger partial charge in [0.15, 0.2) is 0 Å². The Morgan fingerprint density at radius 1 is 1.25 bits per heavy atom. The molecule has 0 fully saturated rings. The molecule has 1 rings (SSSR count). The van der Waals surface area contributed by atoms with Gasteiger partial charge in [0, 0.05) is 0 Å². The molecule has 0 atom stereocenters. The van der Waals surface area contributed by atoms with Crippen molar-refractivity contribution in [1.82, 2.24) is 4.72 Å². The minimum atomic E-state index is -3.67. The monoisotopic (exact) mass is 299 g/mol. The Labute approximate surface area is 120 Å². The van der Waals surface area contributed by atoms with Gasteiger partial charge in [0.2, 0.25) is 10.0 Å². The summed E-state index contributed by atoms with van der Waals surface area (Å²) < 4.78 is 31.0. The first-order chi connectivity index (χ1) is 9.35. The second kappa shape index (κ2) is 7.40. The molecule has 0 heterocycles. The lowest BCUT2D eigenvalue weighted by atomic mass is 10.1. The summed E-state index contributed by atoms with van der Waals surface area (Å²) in [6.45, 7) is 5.11. The summed E-state index contributed by atoms with van der Waals surface area (Å²) in [5.41, 5.74) is 1.09. The van der Waals surface area contributed by atoms with Crippen molar-refractivity contribution in [3.05, 3.63) is 29.8 Å². The fourth-order valence-corrected chi connectivity index (χ4v) is 2.63. The Morgan fingerprint density at radius 2 is 1.85 bits per heavy atom. The number of rotatable bonds is 7. The molecule has 5 nitrogen and oxygen atoms in total. The summed E-state index contributed by atoms with van der Waals surface area (Å²) in [6.07, 6.45) is 1.65. The second-order valence-electron chi connectivity index (χ2n) is 4.76. The molecule has 0 aliphatic heterocycles. The molecule has 1 N–H and O–H groups in total. The first-order valence-electron chi connectivity index (χ1n) is 6.63. The largest absolute Gasteiger partial charge is 0.462 e. The Bertz CT molecular complexity index is 535. The minimum absolute atomic E-state index is 0.148. The molecular formula is C14H21NO4S. The van der Waals surface area contributed by atoms with E-state index in [0.717, 1.165) is 18.4 Å². The van der Waals surface area contributed by atoms with Gasteiger partial charge >= 0.3 is 5.97 Å². The molecule has 6 heteroatoms. The van der Waals surface area contributed by atoms with E-state index in [9.17, 15) is 13.2 Å². The van der Waals surface area contributed by atoms with Crippen molar-refractivity contribution < 1.29 is 17.9 Å². The van der Waals surface area contributed by atoms with E-state index in [1.807, 2.05) is 0 Å². The van der Waals surface area contributed by atoms with E-state index in [0.29, 0.717) is 0 Å². The zero-order valence-corrected chi connectivity index (χ0v) is 12.9. The highest BCUT2D eigenvalue weighted by molar-refractivity contribution is 7.89. The molecule has 0 aliphatic carbocycles. The third kappa shape index (κ3) is 5.30. The van der Waals surface area contributed by atoms with E-state index < -0.39 is 16.0 Å². The highest BCUT2D eigenvalue weighted by Crippen LogP contribution is 2.11. The molecule has 1 aromatic carbocycles. The van der Waals surface area contributed by atoms with Gasteiger partial charge in [0.25, 0.3) is 0 Å². The number of sulfonamides is 1. The van der Waals surface area contributed by atoms with E-state index in [-0.39, 0.29) is 17.5 Å². The normalized spacial score (nSPS) is 11.6. The highest BCUT2D eigenvalue weighted by Gasteiger charge is 2.16. The zero-order valence-electron chi connectivity index (χ0n) is 12.0. The molecule has 0 unspecified atom stereocenters. The summed E-state index contributed by atoms with van der Waals surface area (Å²) >= 11 is 0. The SMILES string of the molecule is CCCc1ccc(S(=O)(=O)NCC(=O)OC(C)C)cc1. The van der Waals surface area contributed by atoms with Crippen LogP contribution in [0.5, 0.6) is 0 Å². The van der Waals surface area contributed by atoms with Crippen molar-refractivity contribution in [2.45, 2.75) is 44.6 Å². The number of aryl methyl sites for hydroxylation is 1. The molecule has 0 aromatic heterocycles. The lowest BCUT2D eigenvalue weighted by Gasteiger charge is -2.09. The third-order valence-electron chi connectivity index (χ3n) is 2.55. The molecule has 20 heavy (non-hydrogen) atoms. The van der Waals surface area contributed by atoms with Crippen molar-refractivity contribution in [3.8, 4) is 0 Å². The van der Waals surface area contributed by atoms with Gasteiger partial charge < -0.3 is 4.74 Å². The minimum Gasteiger partial charge on any atom is -0.462 e. The number of hydrogen-bond donors (Lipinski definition) is 1. The fourth-order valence-electron chi connectivity index (χ4n) is 1.67. The van der Waals surface area contributed by atoms with Gasteiger partial charge in [-0.25, -0.2) is 8.42 Å². The van der Waals surface area contributed by atoms with Crippen molar-refractivity contribution in [3.63, 3.8) is 0 Å². The predicted molar refractivity (Wildman–Crippen MR) is 76.9 cm³/mol. The molecule has 0 saturated carbocycles. The fraction of sp³-hybridized carbons (Fsp3) is 0.500. The van der Waals surface area contributed by atoms with Crippen LogP contribution in [0, 0.1) is 0 Å². The van der Waals surface area contributed by atoms with Crippen LogP contribution in [-0.2, 0) is 26.0 Å². The topological polar surface area (TPSA) is 72.5 Å². The van der Waals surface area contributed by atoms with Crippen LogP contribution in [0.15, 0.2) is 29.2 Å². The first kappa shape index (κ1) is 16.7. The van der Waals surface area contributed by atoms with Crippen molar-refractivity contribution in [1.29, 1.82) is 0 Å². The van der Waals surface area contributed by atoms with Crippen LogP contribution in [0.1, 0.15) is 32.8 Å². The summed E-state index contributed by atoms with van der Waals surface area (Å²) in [5.74, 6) is -0.592. The lowest BCUT2D eigenvalue weighted by Crippen LogP contribution is -2.31. The first-order valence-corrected chi connectivity index (χ1v) is 8.11. The van der Waals surface area contributed by atoms with E-state index in [4.69, 9.17) is 4.74 Å². The average Bonchev–Trinajstić information content (AvgIpc) is 2.37. The number of hydrogen-bond acceptors (Lipinski definition) is 4. The van der Waals surface area contributed by atoms with Crippen molar-refractivity contribution in [2.75, 3.05) is 6.54 Å². The quantitative estimate of drug-likeness (QED) is 0.780. The van der Waals surface area contributed by atoms with Crippen LogP contribution in [0.25, 0.3) is 0 Å². The van der Waals surface area contributed by atoms with Gasteiger partial charge in [0.05, 0.1) is 11.0 Å². The van der Waals surface area contributed by atoms with Crippen LogP contribution in [-0.4, -0.2) is 27.0 Å². The molecule has 0 amide bonds. The van der Waals surface area contributed by atoms with Gasteiger partial charge in [-0.15, -0.1) is 0 Å². The van der Waals surface area contributed by atoms with Crippen LogP contribution < -0.4 is 4.72 Å². The van der Waals surface area contributed by atoms with Gasteiger partial charge in [-0.05, 0) is 38.0 Å². The maximum absolute atomic E-state index is 12.0. The molecule has 0 bridgehead atoms. The maximum atomic E-state index is 12.0. The van der Waals surface area contributed by atoms with Crippen LogP contribution in [0.3, 0.4) is 0 Å². The molecule has 1 aromatic rings. The van der Waals surface area contributed by atoms with E-state index in [1.54, 1.807) is 38.1 Å². The Kier molecular flexibility index (Phi) is 6.16. The summed E-state index contributed by atoms with van der Waals surface area (Å²) in [5, 5.41) is 0. The van der Waals surface area contributed by atoms with Crippen LogP contribution in [0.2, 0.25) is 0 Å². The Balaban J connectivity index is 2.66. The molecule has 112 valence electrons. The van der Waals surface area contributed by atoms with E-state index >= 15 is 0 Å². The Hall–Kier alpha value is -1.40. The molecule has 0 spiro atoms. The third-order valence-corrected chi connectivity index (χ3v) is 3.96. The number of carbonyl (C=O) groups is 1. The van der Waals surface area contributed by atoms with Gasteiger partial charge in [-0.2, -0.15) is 4.72 Å². The highest BCUT2D eigenvalue weighted by atomic mass is 32.2.